The molecule has 0 aliphatic rings. The van der Waals surface area contributed by atoms with Crippen LogP contribution in [0.5, 0.6) is 0 Å². The van der Waals surface area contributed by atoms with Gasteiger partial charge in [0.25, 0.3) is 10.0 Å². The number of rotatable bonds is 8. The Kier molecular flexibility index (Phi) is 8.19. The van der Waals surface area contributed by atoms with E-state index in [0.717, 1.165) is 15.4 Å². The van der Waals surface area contributed by atoms with Gasteiger partial charge in [-0.2, -0.15) is 0 Å². The number of hydrogen-bond acceptors (Lipinski definition) is 5. The molecule has 0 saturated heterocycles. The van der Waals surface area contributed by atoms with Crippen molar-refractivity contribution >= 4 is 44.9 Å². The molecule has 35 heavy (non-hydrogen) atoms. The van der Waals surface area contributed by atoms with Crippen LogP contribution in [0.4, 0.5) is 11.4 Å². The molecule has 0 radical (unpaired) electrons. The van der Waals surface area contributed by atoms with Gasteiger partial charge in [-0.15, -0.1) is 0 Å². The summed E-state index contributed by atoms with van der Waals surface area (Å²) < 4.78 is 33.2. The van der Waals surface area contributed by atoms with E-state index in [2.05, 4.69) is 5.32 Å². The predicted octanol–water partition coefficient (Wildman–Crippen LogP) is 5.28. The average molecular weight is 515 g/mol. The Balaban J connectivity index is 1.96. The Bertz CT molecular complexity index is 1350. The standard InChI is InChI=1S/C26H27ClN2O5S/c1-5-34-26(31)20-8-6-18(3)24(15-20)28-25(30)16-29(22-11-7-17(2)19(4)14-22)35(32,33)23-12-9-21(27)10-13-23/h6-15H,5,16H2,1-4H3,(H,28,30). The second-order valence-corrected chi connectivity index (χ2v) is 10.3. The number of carbonyl (C=O) groups excluding carboxylic acids is 2. The third-order valence-corrected chi connectivity index (χ3v) is 7.53. The van der Waals surface area contributed by atoms with Gasteiger partial charge in [-0.25, -0.2) is 13.2 Å². The molecule has 0 spiro atoms. The Morgan fingerprint density at radius 1 is 0.914 bits per heavy atom. The van der Waals surface area contributed by atoms with Gasteiger partial charge in [0.15, 0.2) is 0 Å². The summed E-state index contributed by atoms with van der Waals surface area (Å²) >= 11 is 5.94. The van der Waals surface area contributed by atoms with Gasteiger partial charge in [-0.05, 0) is 92.9 Å². The Hall–Kier alpha value is -3.36. The maximum absolute atomic E-state index is 13.6. The topological polar surface area (TPSA) is 92.8 Å². The van der Waals surface area contributed by atoms with Crippen molar-refractivity contribution in [3.05, 3.63) is 87.9 Å². The van der Waals surface area contributed by atoms with Crippen LogP contribution in [0, 0.1) is 20.8 Å². The van der Waals surface area contributed by atoms with E-state index in [9.17, 15) is 18.0 Å². The molecule has 3 rings (SSSR count). The quantitative estimate of drug-likeness (QED) is 0.413. The van der Waals surface area contributed by atoms with Crippen molar-refractivity contribution in [2.75, 3.05) is 22.8 Å². The highest BCUT2D eigenvalue weighted by molar-refractivity contribution is 7.92. The first-order valence-corrected chi connectivity index (χ1v) is 12.8. The third-order valence-electron chi connectivity index (χ3n) is 5.49. The van der Waals surface area contributed by atoms with E-state index in [0.29, 0.717) is 22.0 Å². The normalized spacial score (nSPS) is 11.1. The molecule has 0 heterocycles. The molecule has 7 nitrogen and oxygen atoms in total. The molecular formula is C26H27ClN2O5S. The fraction of sp³-hybridized carbons (Fsp3) is 0.231. The second kappa shape index (κ2) is 10.9. The number of aryl methyl sites for hydroxylation is 3. The van der Waals surface area contributed by atoms with E-state index in [1.165, 1.54) is 30.3 Å². The number of amides is 1. The van der Waals surface area contributed by atoms with E-state index < -0.39 is 28.4 Å². The summed E-state index contributed by atoms with van der Waals surface area (Å²) in [6, 6.07) is 15.8. The summed E-state index contributed by atoms with van der Waals surface area (Å²) in [5.74, 6) is -1.07. The van der Waals surface area contributed by atoms with E-state index in [-0.39, 0.29) is 17.1 Å². The molecule has 0 aromatic heterocycles. The van der Waals surface area contributed by atoms with Crippen LogP contribution in [0.25, 0.3) is 0 Å². The van der Waals surface area contributed by atoms with Crippen molar-refractivity contribution in [3.8, 4) is 0 Å². The number of sulfonamides is 1. The number of ether oxygens (including phenoxy) is 1. The molecule has 1 N–H and O–H groups in total. The second-order valence-electron chi connectivity index (χ2n) is 8.03. The van der Waals surface area contributed by atoms with Crippen LogP contribution in [-0.4, -0.2) is 33.4 Å². The van der Waals surface area contributed by atoms with Crippen LogP contribution in [0.3, 0.4) is 0 Å². The molecule has 3 aromatic rings. The number of nitrogens with zero attached hydrogens (tertiary/aromatic N) is 1. The molecule has 0 bridgehead atoms. The number of anilines is 2. The predicted molar refractivity (Wildman–Crippen MR) is 138 cm³/mol. The number of nitrogens with one attached hydrogen (secondary N) is 1. The lowest BCUT2D eigenvalue weighted by atomic mass is 10.1. The summed E-state index contributed by atoms with van der Waals surface area (Å²) in [6.45, 7) is 7.02. The lowest BCUT2D eigenvalue weighted by molar-refractivity contribution is -0.114. The first kappa shape index (κ1) is 26.2. The number of carbonyl (C=O) groups is 2. The molecule has 1 amide bonds. The van der Waals surface area contributed by atoms with Crippen LogP contribution < -0.4 is 9.62 Å². The summed E-state index contributed by atoms with van der Waals surface area (Å²) in [5.41, 5.74) is 3.63. The molecule has 184 valence electrons. The number of esters is 1. The highest BCUT2D eigenvalue weighted by Gasteiger charge is 2.28. The van der Waals surface area contributed by atoms with Gasteiger partial charge in [0.1, 0.15) is 6.54 Å². The zero-order chi connectivity index (χ0) is 25.8. The van der Waals surface area contributed by atoms with Gasteiger partial charge in [0, 0.05) is 10.7 Å². The third kappa shape index (κ3) is 6.21. The minimum Gasteiger partial charge on any atom is -0.462 e. The molecule has 0 atom stereocenters. The molecule has 0 aliphatic carbocycles. The maximum atomic E-state index is 13.6. The SMILES string of the molecule is CCOC(=O)c1ccc(C)c(NC(=O)CN(c2ccc(C)c(C)c2)S(=O)(=O)c2ccc(Cl)cc2)c1. The lowest BCUT2D eigenvalue weighted by Crippen LogP contribution is -2.38. The Morgan fingerprint density at radius 3 is 2.20 bits per heavy atom. The van der Waals surface area contributed by atoms with Crippen molar-refractivity contribution in [2.45, 2.75) is 32.6 Å². The smallest absolute Gasteiger partial charge is 0.338 e. The molecule has 0 fully saturated rings. The van der Waals surface area contributed by atoms with Crippen molar-refractivity contribution in [1.29, 1.82) is 0 Å². The van der Waals surface area contributed by atoms with Crippen LogP contribution in [0.1, 0.15) is 34.0 Å². The zero-order valence-corrected chi connectivity index (χ0v) is 21.5. The molecule has 9 heteroatoms. The summed E-state index contributed by atoms with van der Waals surface area (Å²) in [4.78, 5) is 25.2. The highest BCUT2D eigenvalue weighted by Crippen LogP contribution is 2.27. The van der Waals surface area contributed by atoms with Gasteiger partial charge in [0.2, 0.25) is 5.91 Å². The highest BCUT2D eigenvalue weighted by atomic mass is 35.5. The van der Waals surface area contributed by atoms with Gasteiger partial charge < -0.3 is 10.1 Å². The first-order valence-electron chi connectivity index (χ1n) is 11.0. The minimum absolute atomic E-state index is 0.00779. The number of benzene rings is 3. The molecule has 0 unspecified atom stereocenters. The van der Waals surface area contributed by atoms with Crippen LogP contribution in [0.2, 0.25) is 5.02 Å². The van der Waals surface area contributed by atoms with Crippen LogP contribution in [-0.2, 0) is 19.6 Å². The molecular weight excluding hydrogens is 488 g/mol. The summed E-state index contributed by atoms with van der Waals surface area (Å²) in [6.07, 6.45) is 0. The van der Waals surface area contributed by atoms with Crippen molar-refractivity contribution in [3.63, 3.8) is 0 Å². The Morgan fingerprint density at radius 2 is 1.57 bits per heavy atom. The van der Waals surface area contributed by atoms with E-state index in [1.807, 2.05) is 13.8 Å². The van der Waals surface area contributed by atoms with E-state index in [4.69, 9.17) is 16.3 Å². The maximum Gasteiger partial charge on any atom is 0.338 e. The van der Waals surface area contributed by atoms with Gasteiger partial charge in [-0.3, -0.25) is 9.10 Å². The van der Waals surface area contributed by atoms with E-state index in [1.54, 1.807) is 44.2 Å². The molecule has 3 aromatic carbocycles. The van der Waals surface area contributed by atoms with Crippen molar-refractivity contribution < 1.29 is 22.7 Å². The summed E-state index contributed by atoms with van der Waals surface area (Å²) in [5, 5.41) is 3.13. The number of halogens is 1. The van der Waals surface area contributed by atoms with Gasteiger partial charge >= 0.3 is 5.97 Å². The number of hydrogen-bond donors (Lipinski definition) is 1. The fourth-order valence-corrected chi connectivity index (χ4v) is 4.89. The molecule has 0 aliphatic heterocycles. The minimum atomic E-state index is -4.09. The van der Waals surface area contributed by atoms with Gasteiger partial charge in [-0.1, -0.05) is 23.7 Å². The summed E-state index contributed by atoms with van der Waals surface area (Å²) in [7, 11) is -4.09. The molecule has 0 saturated carbocycles. The van der Waals surface area contributed by atoms with Crippen LogP contribution >= 0.6 is 11.6 Å². The first-order chi connectivity index (χ1) is 16.5. The Labute approximate surface area is 210 Å². The average Bonchev–Trinajstić information content (AvgIpc) is 2.81. The van der Waals surface area contributed by atoms with Gasteiger partial charge in [0.05, 0.1) is 22.8 Å². The zero-order valence-electron chi connectivity index (χ0n) is 20.0. The monoisotopic (exact) mass is 514 g/mol. The van der Waals surface area contributed by atoms with Crippen molar-refractivity contribution in [2.24, 2.45) is 0 Å². The van der Waals surface area contributed by atoms with E-state index >= 15 is 0 Å². The largest absolute Gasteiger partial charge is 0.462 e. The fourth-order valence-electron chi connectivity index (χ4n) is 3.35. The van der Waals surface area contributed by atoms with Crippen molar-refractivity contribution in [1.82, 2.24) is 0 Å². The van der Waals surface area contributed by atoms with Crippen LogP contribution in [0.15, 0.2) is 65.6 Å². The lowest BCUT2D eigenvalue weighted by Gasteiger charge is -2.25.